The number of ether oxygens (including phenoxy) is 2. The molecule has 1 aliphatic carbocycles. The van der Waals surface area contributed by atoms with Gasteiger partial charge in [0.05, 0.1) is 79.0 Å². The molecule has 3 atom stereocenters. The van der Waals surface area contributed by atoms with Crippen LogP contribution < -0.4 is 63.7 Å². The number of ketones is 1. The van der Waals surface area contributed by atoms with Crippen molar-refractivity contribution in [1.29, 1.82) is 1.28 Å². The number of aliphatic carboxylic acids is 1. The number of aromatic nitrogens is 3. The van der Waals surface area contributed by atoms with E-state index >= 15 is 0 Å². The summed E-state index contributed by atoms with van der Waals surface area (Å²) in [6, 6.07) is 67.4. The zero-order chi connectivity index (χ0) is 101. The largest absolute Gasteiger partial charge is 0.508 e. The fourth-order valence-corrected chi connectivity index (χ4v) is 19.6. The van der Waals surface area contributed by atoms with Gasteiger partial charge in [-0.3, -0.25) is 28.3 Å². The van der Waals surface area contributed by atoms with Crippen molar-refractivity contribution in [3.8, 4) is 45.3 Å². The van der Waals surface area contributed by atoms with Gasteiger partial charge in [0.15, 0.2) is 27.1 Å². The Hall–Kier alpha value is -14.1. The van der Waals surface area contributed by atoms with Crippen LogP contribution in [0.15, 0.2) is 238 Å². The van der Waals surface area contributed by atoms with Gasteiger partial charge in [0.1, 0.15) is 27.9 Å². The second kappa shape index (κ2) is 47.6. The van der Waals surface area contributed by atoms with Crippen LogP contribution in [0, 0.1) is 61.3 Å². The average molecular weight is 1970 g/mol. The summed E-state index contributed by atoms with van der Waals surface area (Å²) in [6.07, 6.45) is 4.21. The molecule has 3 aliphatic rings. The summed E-state index contributed by atoms with van der Waals surface area (Å²) in [5, 5.41) is 41.3. The van der Waals surface area contributed by atoms with Gasteiger partial charge in [-0.2, -0.15) is 8.42 Å². The van der Waals surface area contributed by atoms with Crippen LogP contribution >= 0.6 is 31.7 Å². The third-order valence-electron chi connectivity index (χ3n) is 23.7. The molecule has 3 unspecified atom stereocenters. The molecule has 0 radical (unpaired) electrons. The molecule has 12 aromatic carbocycles. The number of benzene rings is 12. The molecule has 3 aromatic heterocycles. The van der Waals surface area contributed by atoms with Crippen molar-refractivity contribution in [3.05, 3.63) is 289 Å². The number of thiazole rings is 2. The number of fused-ring (bicyclic) bond motifs is 8. The lowest BCUT2D eigenvalue weighted by Crippen LogP contribution is -2.54. The summed E-state index contributed by atoms with van der Waals surface area (Å²) in [7, 11) is -6.78. The molecule has 0 bridgehead atoms. The van der Waals surface area contributed by atoms with Crippen LogP contribution in [0.5, 0.6) is 23.0 Å². The number of hydrogen-bond donors (Lipinski definition) is 11. The Kier molecular flexibility index (Phi) is 36.5. The number of hydrogen-bond acceptors (Lipinski definition) is 23. The number of anilines is 7. The number of nitrogens with one attached hydrogen (secondary N) is 1. The Labute approximate surface area is 816 Å². The topological polar surface area (TPSA) is 464 Å². The summed E-state index contributed by atoms with van der Waals surface area (Å²) in [6.45, 7) is 29.0. The van der Waals surface area contributed by atoms with Gasteiger partial charge in [-0.25, -0.2) is 8.42 Å². The number of sulfone groups is 1. The van der Waals surface area contributed by atoms with E-state index in [9.17, 15) is 50.8 Å². The molecule has 1 saturated carbocycles. The lowest BCUT2D eigenvalue weighted by Gasteiger charge is -2.45. The molecule has 0 spiro atoms. The van der Waals surface area contributed by atoms with Gasteiger partial charge in [0, 0.05) is 89.0 Å². The first-order valence-electron chi connectivity index (χ1n) is 44.5. The number of methoxy groups -OCH3 is 1. The highest BCUT2D eigenvalue weighted by atomic mass is 32.2. The predicted octanol–water partition coefficient (Wildman–Crippen LogP) is 20.4. The Morgan fingerprint density at radius 2 is 1.11 bits per heavy atom. The summed E-state index contributed by atoms with van der Waals surface area (Å²) < 4.78 is 88.8. The molecule has 726 valence electrons. The van der Waals surface area contributed by atoms with Gasteiger partial charge in [-0.1, -0.05) is 128 Å². The molecule has 18 rings (SSSR count). The number of carbonyl (C=O) groups excluding carboxylic acids is 3. The van der Waals surface area contributed by atoms with Crippen LogP contribution in [0.4, 0.5) is 39.8 Å². The van der Waals surface area contributed by atoms with Crippen molar-refractivity contribution >= 4 is 157 Å². The Morgan fingerprint density at radius 3 is 1.65 bits per heavy atom. The van der Waals surface area contributed by atoms with Crippen LogP contribution in [0.1, 0.15) is 132 Å². The normalized spacial score (nSPS) is 14.2. The number of rotatable bonds is 11. The summed E-state index contributed by atoms with van der Waals surface area (Å²) >= 11 is 2.61. The fourth-order valence-electron chi connectivity index (χ4n) is 16.1. The van der Waals surface area contributed by atoms with Crippen molar-refractivity contribution in [2.45, 2.75) is 165 Å². The number of phenolic OH excluding ortho intramolecular Hbond substituents is 2. The number of carboxylic acids is 1. The van der Waals surface area contributed by atoms with E-state index in [-0.39, 0.29) is 71.4 Å². The number of nitrogens with two attached hydrogens (primary N) is 6. The maximum atomic E-state index is 12.0. The lowest BCUT2D eigenvalue weighted by molar-refractivity contribution is -0.136. The Bertz CT molecular complexity index is 7160. The van der Waals surface area contributed by atoms with Crippen LogP contribution in [0.25, 0.3) is 64.5 Å². The number of aryl methyl sites for hydroxylation is 10. The van der Waals surface area contributed by atoms with E-state index < -0.39 is 35.0 Å². The van der Waals surface area contributed by atoms with Crippen LogP contribution in [0.3, 0.4) is 0 Å². The predicted molar refractivity (Wildman–Crippen MR) is 562 cm³/mol. The van der Waals surface area contributed by atoms with Gasteiger partial charge >= 0.3 is 5.97 Å². The van der Waals surface area contributed by atoms with E-state index in [2.05, 4.69) is 142 Å². The van der Waals surface area contributed by atoms with E-state index in [1.165, 1.54) is 115 Å². The number of phenols is 2. The van der Waals surface area contributed by atoms with Crippen molar-refractivity contribution in [2.75, 3.05) is 59.2 Å². The number of Topliss-reactive ketones (excluding diaryl/α,β-unsaturated/α-hetero) is 1. The molecule has 33 heteroatoms. The zero-order valence-corrected chi connectivity index (χ0v) is 83.3. The first kappa shape index (κ1) is 106. The Morgan fingerprint density at radius 1 is 0.572 bits per heavy atom. The van der Waals surface area contributed by atoms with Crippen molar-refractivity contribution < 1.29 is 69.9 Å². The zero-order valence-electron chi connectivity index (χ0n) is 80.2. The van der Waals surface area contributed by atoms with Gasteiger partial charge in [-0.15, -0.1) is 10.2 Å². The first-order chi connectivity index (χ1) is 65.4. The van der Waals surface area contributed by atoms with Crippen molar-refractivity contribution in [2.24, 2.45) is 16.1 Å². The monoisotopic (exact) mass is 1960 g/mol. The van der Waals surface area contributed by atoms with E-state index in [4.69, 9.17) is 54.8 Å². The van der Waals surface area contributed by atoms with Crippen LogP contribution in [-0.4, -0.2) is 107 Å². The van der Waals surface area contributed by atoms with Gasteiger partial charge in [-0.05, 0) is 295 Å². The number of para-hydroxylation sites is 2. The van der Waals surface area contributed by atoms with Crippen LogP contribution in [-0.2, 0) is 60.2 Å². The number of carbonyl (C=O) groups is 4. The first-order valence-corrected chi connectivity index (χ1v) is 49.4. The van der Waals surface area contributed by atoms with Crippen molar-refractivity contribution in [3.63, 3.8) is 0 Å². The minimum absolute atomic E-state index is 0. The van der Waals surface area contributed by atoms with Gasteiger partial charge in [0.25, 0.3) is 16.0 Å². The third-order valence-corrected chi connectivity index (χ3v) is 27.7. The molecule has 0 saturated heterocycles. The van der Waals surface area contributed by atoms with Crippen LogP contribution in [0.2, 0.25) is 0 Å². The maximum absolute atomic E-state index is 12.0. The Balaban J connectivity index is 0.000000181. The lowest BCUT2D eigenvalue weighted by atomic mass is 9.83. The van der Waals surface area contributed by atoms with E-state index in [1.54, 1.807) is 73.7 Å². The smallest absolute Gasteiger partial charge is 0.307 e. The molecule has 2 aliphatic heterocycles. The maximum Gasteiger partial charge on any atom is 0.307 e. The molecule has 5 heterocycles. The minimum Gasteiger partial charge on any atom is -0.508 e. The number of aromatic hydroxyl groups is 2. The molecular formula is C105H122N13O15PS4. The quantitative estimate of drug-likeness (QED) is 0.0248. The second-order valence-electron chi connectivity index (χ2n) is 33.4. The molecule has 17 N–H and O–H groups in total. The highest BCUT2D eigenvalue weighted by Gasteiger charge is 2.41. The summed E-state index contributed by atoms with van der Waals surface area (Å²) in [4.78, 5) is 48.1. The molecule has 1 fully saturated rings. The highest BCUT2D eigenvalue weighted by molar-refractivity contribution is 7.90. The average Bonchev–Trinajstić information content (AvgIpc) is 1.26. The highest BCUT2D eigenvalue weighted by Crippen LogP contribution is 2.44. The standard InChI is InChI=1S/C19H20N4O5S4.C17H21N.C15H19NO3.C15H15N.C13H15N3.C9H8N2O2.C9H10O4.C7H9N.CH4.HOP/c1-4-22-14-8-6-12(31(3,24)25)10-16(14)29-18(22)20-21-19-23(5-2)15-9-7-13(32(26,27)28)11-17(15)30-19;1-10-6-15(7-11(2)14(10)5)16-8-12(3)17(18)13(4)9-16;1-9-3-5-12-14(7-9)19-15-8-11(18)4-6-13(15)16(12)10(2)17;1-3-16-14-7-5-4-6-12(14)13-10-11(2)8-9-15(13)16;1-8-6-9(2-4-11(8)14)10-3-5-12(15)13(16)7-10;10-6-3-1-2-5-7(12)4-11-9(13)8(5)6;1-13-8-4-6(5-9(11)12)2-3-7(8)10;1-6-4-2-3-5-7(6)8;;1-2/h6-11H,4-5H2,1-3H3,(H,26,27,28);6-9H,18H2,1-5H3;4,6,8-9,12,14,18H,3,5,7H2,1-2H3;4-10H,3H2,1-2H3;2-7H,14-16H2,1H3;1-3H,4,10H2,(H,11,13);2-4,10H,5H2,1H3,(H,11,12);2-5H,8H2,1H3;1H4;2H/b20-18-,21-19-;;;;;;;;;/i;;;;;;;;;2D. The van der Waals surface area contributed by atoms with Gasteiger partial charge < -0.3 is 83.1 Å². The van der Waals surface area contributed by atoms with E-state index in [1.807, 2.05) is 102 Å². The number of nitrogens with zero attached hydrogens (tertiary/aromatic N) is 6. The number of nitrogen functional groups attached to an aromatic ring is 6. The van der Waals surface area contributed by atoms with E-state index in [0.717, 1.165) is 97.7 Å². The molecule has 28 nitrogen and oxygen atoms in total. The molecule has 2 amide bonds. The molecular weight excluding hydrogens is 1840 g/mol. The minimum atomic E-state index is -4.30. The second-order valence-corrected chi connectivity index (χ2v) is 38.9. The SMILES string of the molecule is C.CC(=O)N1c2ccc(O)cc2OC2CC(C)CCC21.CCn1/c(=N/N=c2\sc3cc(S(=O)(=O)O)ccc3n2CC)sc2cc(S(C)(=O)=O)ccc21.CCn1c2ccccc2c2cc(C)ccc21.COc1cc(CC(=O)O)ccc1O.Cc1cc(-c2cc(C)c(N)c(C)c2)cc(C)c1C.Cc1cc(-c2ccc(N)c(N)c2)ccc1N.Cc1ccccc1N.Nc1cccc2c1C(=O)NCC2=O.[2H]P=O. The summed E-state index contributed by atoms with van der Waals surface area (Å²) in [5.74, 6) is 0.474. The van der Waals surface area contributed by atoms with Gasteiger partial charge in [0.2, 0.25) is 15.5 Å². The number of carboxylic acid groups (broad SMARTS) is 1. The summed E-state index contributed by atoms with van der Waals surface area (Å²) in [5.41, 5.74) is 59.5. The molecule has 138 heavy (non-hydrogen) atoms. The fraction of sp³-hybridized carbons (Fsp3) is 0.257. The molecule has 15 aromatic rings. The van der Waals surface area contributed by atoms with Crippen molar-refractivity contribution in [1.82, 2.24) is 19.0 Å². The third kappa shape index (κ3) is 26.4. The van der Waals surface area contributed by atoms with E-state index in [0.29, 0.717) is 78.6 Å². The number of amides is 2.